The zero-order valence-electron chi connectivity index (χ0n) is 16.0. The molecule has 0 heterocycles. The highest BCUT2D eigenvalue weighted by atomic mass is 32.2. The fraction of sp³-hybridized carbons (Fsp3) is 0.211. The van der Waals surface area contributed by atoms with Crippen LogP contribution in [0.15, 0.2) is 53.4 Å². The number of nitrogens with one attached hydrogen (secondary N) is 1. The first-order chi connectivity index (χ1) is 14.1. The average molecular weight is 437 g/mol. The minimum atomic E-state index is -3.76. The Balaban J connectivity index is 2.12. The van der Waals surface area contributed by atoms with Gasteiger partial charge in [0.05, 0.1) is 10.5 Å². The predicted molar refractivity (Wildman–Crippen MR) is 106 cm³/mol. The van der Waals surface area contributed by atoms with Gasteiger partial charge in [-0.05, 0) is 49.5 Å². The number of benzene rings is 2. The maximum absolute atomic E-state index is 13.2. The second kappa shape index (κ2) is 9.94. The molecule has 2 aromatic rings. The third kappa shape index (κ3) is 6.09. The van der Waals surface area contributed by atoms with E-state index < -0.39 is 40.2 Å². The lowest BCUT2D eigenvalue weighted by Crippen LogP contribution is -2.37. The number of esters is 1. The van der Waals surface area contributed by atoms with Crippen molar-refractivity contribution in [3.63, 3.8) is 0 Å². The Morgan fingerprint density at radius 2 is 1.80 bits per heavy atom. The van der Waals surface area contributed by atoms with Crippen molar-refractivity contribution in [2.24, 2.45) is 5.73 Å². The molecular formula is C19H20FN3O6S. The number of amides is 2. The maximum Gasteiger partial charge on any atom is 0.338 e. The molecule has 11 heteroatoms. The smallest absolute Gasteiger partial charge is 0.338 e. The maximum atomic E-state index is 13.2. The number of rotatable bonds is 9. The van der Waals surface area contributed by atoms with Gasteiger partial charge < -0.3 is 15.4 Å². The van der Waals surface area contributed by atoms with Crippen LogP contribution in [0.5, 0.6) is 0 Å². The lowest BCUT2D eigenvalue weighted by atomic mass is 10.2. The van der Waals surface area contributed by atoms with Gasteiger partial charge in [0, 0.05) is 18.7 Å². The monoisotopic (exact) mass is 437 g/mol. The predicted octanol–water partition coefficient (Wildman–Crippen LogP) is 0.799. The molecule has 0 radical (unpaired) electrons. The molecule has 0 atom stereocenters. The summed E-state index contributed by atoms with van der Waals surface area (Å²) in [7, 11) is -2.53. The molecule has 0 saturated heterocycles. The Hall–Kier alpha value is -3.31. The van der Waals surface area contributed by atoms with Crippen LogP contribution in [0.4, 0.5) is 10.1 Å². The second-order valence-electron chi connectivity index (χ2n) is 6.05. The number of halogens is 1. The van der Waals surface area contributed by atoms with Crippen LogP contribution >= 0.6 is 0 Å². The molecule has 0 spiro atoms. The molecule has 0 bridgehead atoms. The van der Waals surface area contributed by atoms with Crippen LogP contribution in [-0.4, -0.2) is 46.4 Å². The summed E-state index contributed by atoms with van der Waals surface area (Å²) >= 11 is 0. The molecule has 9 nitrogen and oxygen atoms in total. The Morgan fingerprint density at radius 1 is 1.13 bits per heavy atom. The van der Waals surface area contributed by atoms with Gasteiger partial charge in [0.1, 0.15) is 5.82 Å². The topological polar surface area (TPSA) is 136 Å². The van der Waals surface area contributed by atoms with Gasteiger partial charge in [-0.2, -0.15) is 0 Å². The molecule has 0 saturated carbocycles. The molecule has 0 aliphatic rings. The highest BCUT2D eigenvalue weighted by Crippen LogP contribution is 2.16. The van der Waals surface area contributed by atoms with Crippen molar-refractivity contribution < 1.29 is 31.9 Å². The van der Waals surface area contributed by atoms with Gasteiger partial charge in [-0.25, -0.2) is 22.3 Å². The summed E-state index contributed by atoms with van der Waals surface area (Å²) < 4.78 is 44.0. The molecule has 2 rings (SSSR count). The van der Waals surface area contributed by atoms with Crippen molar-refractivity contribution in [1.82, 2.24) is 4.72 Å². The van der Waals surface area contributed by atoms with E-state index in [2.05, 4.69) is 4.72 Å². The number of primary amides is 1. The Labute approximate surface area is 172 Å². The lowest BCUT2D eigenvalue weighted by molar-refractivity contribution is -0.121. The van der Waals surface area contributed by atoms with Crippen LogP contribution in [-0.2, 0) is 24.3 Å². The first-order valence-corrected chi connectivity index (χ1v) is 10.2. The zero-order chi connectivity index (χ0) is 22.3. The van der Waals surface area contributed by atoms with Crippen molar-refractivity contribution in [3.8, 4) is 0 Å². The summed E-state index contributed by atoms with van der Waals surface area (Å²) in [4.78, 5) is 36.9. The molecule has 2 amide bonds. The summed E-state index contributed by atoms with van der Waals surface area (Å²) in [6, 6.07) is 10.1. The summed E-state index contributed by atoms with van der Waals surface area (Å²) in [5, 5.41) is 0. The zero-order valence-corrected chi connectivity index (χ0v) is 16.8. The Kier molecular flexibility index (Phi) is 7.61. The third-order valence-electron chi connectivity index (χ3n) is 4.00. The standard InChI is InChI=1S/C19H20FN3O6S/c1-22-30(27,28)16-4-2-3-13(11-16)19(26)29-12-18(25)23(10-9-17(21)24)15-7-5-14(20)6-8-15/h2-8,11,22H,9-10,12H2,1H3,(H2,21,24). The fourth-order valence-electron chi connectivity index (χ4n) is 2.44. The van der Waals surface area contributed by atoms with Crippen LogP contribution in [0, 0.1) is 5.82 Å². The van der Waals surface area contributed by atoms with E-state index >= 15 is 0 Å². The molecule has 0 unspecified atom stereocenters. The van der Waals surface area contributed by atoms with Gasteiger partial charge in [-0.1, -0.05) is 6.07 Å². The summed E-state index contributed by atoms with van der Waals surface area (Å²) in [6.07, 6.45) is -0.152. The van der Waals surface area contributed by atoms with Gasteiger partial charge >= 0.3 is 5.97 Å². The van der Waals surface area contributed by atoms with E-state index in [9.17, 15) is 27.2 Å². The van der Waals surface area contributed by atoms with Crippen LogP contribution < -0.4 is 15.4 Å². The van der Waals surface area contributed by atoms with Gasteiger partial charge in [-0.15, -0.1) is 0 Å². The van der Waals surface area contributed by atoms with Crippen LogP contribution in [0.25, 0.3) is 0 Å². The molecule has 160 valence electrons. The van der Waals surface area contributed by atoms with Gasteiger partial charge in [0.2, 0.25) is 15.9 Å². The average Bonchev–Trinajstić information content (AvgIpc) is 2.73. The van der Waals surface area contributed by atoms with Crippen molar-refractivity contribution in [3.05, 3.63) is 59.9 Å². The first-order valence-electron chi connectivity index (χ1n) is 8.69. The lowest BCUT2D eigenvalue weighted by Gasteiger charge is -2.22. The van der Waals surface area contributed by atoms with Crippen LogP contribution in [0.1, 0.15) is 16.8 Å². The molecule has 0 aliphatic carbocycles. The van der Waals surface area contributed by atoms with Crippen LogP contribution in [0.2, 0.25) is 0 Å². The summed E-state index contributed by atoms with van der Waals surface area (Å²) in [5.41, 5.74) is 5.35. The number of hydrogen-bond acceptors (Lipinski definition) is 6. The Bertz CT molecular complexity index is 1040. The minimum absolute atomic E-state index is 0.0652. The van der Waals surface area contributed by atoms with E-state index in [0.29, 0.717) is 5.69 Å². The van der Waals surface area contributed by atoms with Crippen molar-refractivity contribution >= 4 is 33.5 Å². The van der Waals surface area contributed by atoms with E-state index in [0.717, 1.165) is 23.1 Å². The highest BCUT2D eigenvalue weighted by Gasteiger charge is 2.20. The minimum Gasteiger partial charge on any atom is -0.452 e. The molecule has 0 fully saturated rings. The van der Waals surface area contributed by atoms with E-state index in [1.54, 1.807) is 0 Å². The van der Waals surface area contributed by atoms with Crippen molar-refractivity contribution in [2.75, 3.05) is 25.1 Å². The molecular weight excluding hydrogens is 417 g/mol. The number of carbonyl (C=O) groups is 3. The SMILES string of the molecule is CNS(=O)(=O)c1cccc(C(=O)OCC(=O)N(CCC(N)=O)c2ccc(F)cc2)c1. The molecule has 0 aliphatic heterocycles. The van der Waals surface area contributed by atoms with Crippen molar-refractivity contribution in [1.29, 1.82) is 0 Å². The number of nitrogens with zero attached hydrogens (tertiary/aromatic N) is 1. The molecule has 2 aromatic carbocycles. The number of anilines is 1. The molecule has 30 heavy (non-hydrogen) atoms. The second-order valence-corrected chi connectivity index (χ2v) is 7.94. The van der Waals surface area contributed by atoms with Gasteiger partial charge in [0.15, 0.2) is 6.61 Å². The van der Waals surface area contributed by atoms with E-state index in [1.165, 1.54) is 37.4 Å². The molecule has 3 N–H and O–H groups in total. The summed E-state index contributed by atoms with van der Waals surface area (Å²) in [6.45, 7) is -0.773. The third-order valence-corrected chi connectivity index (χ3v) is 5.41. The van der Waals surface area contributed by atoms with Crippen LogP contribution in [0.3, 0.4) is 0 Å². The largest absolute Gasteiger partial charge is 0.452 e. The Morgan fingerprint density at radius 3 is 2.40 bits per heavy atom. The number of nitrogens with two attached hydrogens (primary N) is 1. The number of hydrogen-bond donors (Lipinski definition) is 2. The normalized spacial score (nSPS) is 11.0. The van der Waals surface area contributed by atoms with E-state index in [-0.39, 0.29) is 23.4 Å². The quantitative estimate of drug-likeness (QED) is 0.557. The number of carbonyl (C=O) groups excluding carboxylic acids is 3. The summed E-state index contributed by atoms with van der Waals surface area (Å²) in [5.74, 6) is -2.74. The number of ether oxygens (including phenoxy) is 1. The molecule has 0 aromatic heterocycles. The fourth-order valence-corrected chi connectivity index (χ4v) is 3.21. The first kappa shape index (κ1) is 23.0. The van der Waals surface area contributed by atoms with E-state index in [4.69, 9.17) is 10.5 Å². The van der Waals surface area contributed by atoms with Gasteiger partial charge in [-0.3, -0.25) is 9.59 Å². The number of sulfonamides is 1. The highest BCUT2D eigenvalue weighted by molar-refractivity contribution is 7.89. The van der Waals surface area contributed by atoms with Crippen molar-refractivity contribution in [2.45, 2.75) is 11.3 Å². The van der Waals surface area contributed by atoms with Gasteiger partial charge in [0.25, 0.3) is 5.91 Å². The van der Waals surface area contributed by atoms with E-state index in [1.807, 2.05) is 0 Å².